The molecule has 1 rings (SSSR count). The van der Waals surface area contributed by atoms with Crippen molar-refractivity contribution in [1.29, 1.82) is 0 Å². The lowest BCUT2D eigenvalue weighted by Crippen LogP contribution is -2.24. The summed E-state index contributed by atoms with van der Waals surface area (Å²) in [5.74, 6) is 0. The van der Waals surface area contributed by atoms with Crippen LogP contribution in [0.5, 0.6) is 0 Å². The maximum Gasteiger partial charge on any atom is 0.294 e. The van der Waals surface area contributed by atoms with Crippen molar-refractivity contribution in [2.45, 2.75) is 12.2 Å². The summed E-state index contributed by atoms with van der Waals surface area (Å²) < 4.78 is 0. The minimum atomic E-state index is -1.06. The van der Waals surface area contributed by atoms with Crippen LogP contribution in [-0.2, 0) is 0 Å². The minimum absolute atomic E-state index is 0.0244. The van der Waals surface area contributed by atoms with Crippen LogP contribution in [-0.4, -0.2) is 63.9 Å². The van der Waals surface area contributed by atoms with E-state index < -0.39 is 30.3 Å². The molecule has 2 atom stereocenters. The number of anilines is 2. The van der Waals surface area contributed by atoms with E-state index in [1.165, 1.54) is 12.1 Å². The summed E-state index contributed by atoms with van der Waals surface area (Å²) in [6.07, 6.45) is -2.08. The third-order valence-corrected chi connectivity index (χ3v) is 3.07. The van der Waals surface area contributed by atoms with Gasteiger partial charge in [-0.2, -0.15) is 0 Å². The first-order chi connectivity index (χ1) is 10.4. The lowest BCUT2D eigenvalue weighted by Gasteiger charge is -2.14. The predicted octanol–water partition coefficient (Wildman–Crippen LogP) is -0.222. The van der Waals surface area contributed by atoms with Crippen LogP contribution < -0.4 is 10.6 Å². The minimum Gasteiger partial charge on any atom is -0.394 e. The molecule has 0 bridgehead atoms. The number of rotatable bonds is 9. The van der Waals surface area contributed by atoms with Gasteiger partial charge in [0.05, 0.1) is 41.1 Å². The highest BCUT2D eigenvalue weighted by molar-refractivity contribution is 6.33. The van der Waals surface area contributed by atoms with E-state index in [-0.39, 0.29) is 35.2 Å². The van der Waals surface area contributed by atoms with Crippen molar-refractivity contribution in [3.05, 3.63) is 27.3 Å². The van der Waals surface area contributed by atoms with Crippen LogP contribution in [0.3, 0.4) is 0 Å². The Hall–Kier alpha value is -1.65. The Morgan fingerprint density at radius 1 is 1.09 bits per heavy atom. The van der Waals surface area contributed by atoms with Crippen LogP contribution in [0.2, 0.25) is 5.02 Å². The third-order valence-electron chi connectivity index (χ3n) is 2.76. The molecule has 9 nitrogen and oxygen atoms in total. The van der Waals surface area contributed by atoms with Gasteiger partial charge in [0, 0.05) is 19.2 Å². The van der Waals surface area contributed by atoms with E-state index in [1.54, 1.807) is 0 Å². The highest BCUT2D eigenvalue weighted by Gasteiger charge is 2.18. The van der Waals surface area contributed by atoms with Gasteiger partial charge in [0.2, 0.25) is 0 Å². The molecule has 0 aliphatic carbocycles. The predicted molar refractivity (Wildman–Crippen MR) is 81.3 cm³/mol. The summed E-state index contributed by atoms with van der Waals surface area (Å²) in [6.45, 7) is -1.04. The van der Waals surface area contributed by atoms with Crippen molar-refractivity contribution in [2.75, 3.05) is 36.9 Å². The summed E-state index contributed by atoms with van der Waals surface area (Å²) >= 11 is 6.00. The van der Waals surface area contributed by atoms with Gasteiger partial charge in [0.1, 0.15) is 5.69 Å². The normalized spacial score (nSPS) is 13.5. The fourth-order valence-corrected chi connectivity index (χ4v) is 1.81. The van der Waals surface area contributed by atoms with E-state index in [2.05, 4.69) is 10.6 Å². The third kappa shape index (κ3) is 5.28. The average Bonchev–Trinajstić information content (AvgIpc) is 2.50. The standard InChI is InChI=1S/C12H18ClN3O6/c13-9-1-11(15-4-8(20)6-18)12(16(21)22)2-10(9)14-3-7(19)5-17/h1-2,7-8,14-15,17-20H,3-6H2. The molecule has 0 saturated heterocycles. The molecule has 10 heteroatoms. The first-order valence-corrected chi connectivity index (χ1v) is 6.80. The second-order valence-corrected chi connectivity index (χ2v) is 4.95. The number of benzene rings is 1. The molecule has 0 aromatic heterocycles. The van der Waals surface area contributed by atoms with Gasteiger partial charge in [-0.25, -0.2) is 0 Å². The number of hydrogen-bond donors (Lipinski definition) is 6. The van der Waals surface area contributed by atoms with Gasteiger partial charge in [0.15, 0.2) is 0 Å². The Bertz CT molecular complexity index is 516. The molecule has 0 fully saturated rings. The number of halogens is 1. The second kappa shape index (κ2) is 8.71. The largest absolute Gasteiger partial charge is 0.394 e. The van der Waals surface area contributed by atoms with Gasteiger partial charge >= 0.3 is 0 Å². The van der Waals surface area contributed by atoms with Crippen molar-refractivity contribution in [1.82, 2.24) is 0 Å². The van der Waals surface area contributed by atoms with E-state index in [1.807, 2.05) is 0 Å². The molecule has 1 aromatic rings. The van der Waals surface area contributed by atoms with Gasteiger partial charge in [-0.05, 0) is 6.07 Å². The molecular formula is C12H18ClN3O6. The molecule has 0 spiro atoms. The summed E-state index contributed by atoms with van der Waals surface area (Å²) in [5.41, 5.74) is 0.0420. The Kier molecular flexibility index (Phi) is 7.28. The number of aliphatic hydroxyl groups is 4. The van der Waals surface area contributed by atoms with Crippen molar-refractivity contribution in [3.8, 4) is 0 Å². The van der Waals surface area contributed by atoms with Crippen molar-refractivity contribution in [2.24, 2.45) is 0 Å². The van der Waals surface area contributed by atoms with Crippen LogP contribution >= 0.6 is 11.6 Å². The van der Waals surface area contributed by atoms with E-state index >= 15 is 0 Å². The fourth-order valence-electron chi connectivity index (χ4n) is 1.57. The molecule has 0 aliphatic rings. The SMILES string of the molecule is O=[N+]([O-])c1cc(NCC(O)CO)c(Cl)cc1NCC(O)CO. The fraction of sp³-hybridized carbons (Fsp3) is 0.500. The Balaban J connectivity index is 2.95. The Morgan fingerprint density at radius 2 is 1.59 bits per heavy atom. The zero-order valence-corrected chi connectivity index (χ0v) is 12.3. The monoisotopic (exact) mass is 335 g/mol. The van der Waals surface area contributed by atoms with E-state index in [9.17, 15) is 20.3 Å². The Labute approximate surface area is 131 Å². The molecule has 0 aliphatic heterocycles. The highest BCUT2D eigenvalue weighted by atomic mass is 35.5. The van der Waals surface area contributed by atoms with Crippen LogP contribution in [0.4, 0.5) is 17.1 Å². The number of nitrogens with zero attached hydrogens (tertiary/aromatic N) is 1. The molecular weight excluding hydrogens is 318 g/mol. The van der Waals surface area contributed by atoms with Gasteiger partial charge < -0.3 is 31.1 Å². The summed E-state index contributed by atoms with van der Waals surface area (Å²) in [7, 11) is 0. The van der Waals surface area contributed by atoms with Crippen molar-refractivity contribution >= 4 is 28.7 Å². The molecule has 2 unspecified atom stereocenters. The van der Waals surface area contributed by atoms with Crippen LogP contribution in [0.25, 0.3) is 0 Å². The lowest BCUT2D eigenvalue weighted by molar-refractivity contribution is -0.383. The Morgan fingerprint density at radius 3 is 2.05 bits per heavy atom. The first kappa shape index (κ1) is 18.4. The quantitative estimate of drug-likeness (QED) is 0.268. The number of nitro benzene ring substituents is 1. The van der Waals surface area contributed by atoms with Crippen LogP contribution in [0.1, 0.15) is 0 Å². The van der Waals surface area contributed by atoms with E-state index in [0.29, 0.717) is 0 Å². The molecule has 6 N–H and O–H groups in total. The maximum absolute atomic E-state index is 11.1. The summed E-state index contributed by atoms with van der Waals surface area (Å²) in [6, 6.07) is 2.48. The molecule has 124 valence electrons. The summed E-state index contributed by atoms with van der Waals surface area (Å²) in [5, 5.41) is 52.6. The molecule has 0 amide bonds. The molecule has 0 radical (unpaired) electrons. The van der Waals surface area contributed by atoms with Gasteiger partial charge in [-0.1, -0.05) is 11.6 Å². The van der Waals surface area contributed by atoms with E-state index in [0.717, 1.165) is 0 Å². The number of nitrogens with one attached hydrogen (secondary N) is 2. The topological polar surface area (TPSA) is 148 Å². The molecule has 0 saturated carbocycles. The summed E-state index contributed by atoms with van der Waals surface area (Å²) in [4.78, 5) is 10.5. The zero-order valence-electron chi connectivity index (χ0n) is 11.6. The van der Waals surface area contributed by atoms with Crippen LogP contribution in [0.15, 0.2) is 12.1 Å². The molecule has 0 heterocycles. The van der Waals surface area contributed by atoms with Crippen molar-refractivity contribution < 1.29 is 25.3 Å². The number of aliphatic hydroxyl groups excluding tert-OH is 4. The second-order valence-electron chi connectivity index (χ2n) is 4.54. The highest BCUT2D eigenvalue weighted by Crippen LogP contribution is 2.34. The average molecular weight is 336 g/mol. The van der Waals surface area contributed by atoms with Gasteiger partial charge in [0.25, 0.3) is 5.69 Å². The zero-order chi connectivity index (χ0) is 16.7. The first-order valence-electron chi connectivity index (χ1n) is 6.42. The molecule has 1 aromatic carbocycles. The smallest absolute Gasteiger partial charge is 0.294 e. The van der Waals surface area contributed by atoms with E-state index in [4.69, 9.17) is 21.8 Å². The number of nitro groups is 1. The van der Waals surface area contributed by atoms with Gasteiger partial charge in [-0.15, -0.1) is 0 Å². The molecule has 22 heavy (non-hydrogen) atoms. The van der Waals surface area contributed by atoms with Gasteiger partial charge in [-0.3, -0.25) is 10.1 Å². The maximum atomic E-state index is 11.1. The van der Waals surface area contributed by atoms with Crippen molar-refractivity contribution in [3.63, 3.8) is 0 Å². The number of hydrogen-bond acceptors (Lipinski definition) is 8. The van der Waals surface area contributed by atoms with Crippen LogP contribution in [0, 0.1) is 10.1 Å². The lowest BCUT2D eigenvalue weighted by atomic mass is 10.2.